The molecule has 0 aromatic heterocycles. The third-order valence-corrected chi connectivity index (χ3v) is 3.15. The second-order valence-corrected chi connectivity index (χ2v) is 4.43. The van der Waals surface area contributed by atoms with Gasteiger partial charge in [-0.05, 0) is 24.6 Å². The van der Waals surface area contributed by atoms with Gasteiger partial charge >= 0.3 is 5.69 Å². The van der Waals surface area contributed by atoms with Gasteiger partial charge in [-0.1, -0.05) is 0 Å². The Balaban J connectivity index is 2.56. The standard InChI is InChI=1S/C12H12N6O/c1-5-3-7-8(4-6(5)13)18(2)11-9(15-7)10(14)16-12(19)17-11/h3-4H,13H2,1-2H3,(H2,14,16,19). The largest absolute Gasteiger partial charge is 0.398 e. The van der Waals surface area contributed by atoms with Crippen LogP contribution in [-0.2, 0) is 7.05 Å². The van der Waals surface area contributed by atoms with Crippen LogP contribution in [-0.4, -0.2) is 19.5 Å². The van der Waals surface area contributed by atoms with E-state index in [2.05, 4.69) is 15.0 Å². The number of nitrogens with zero attached hydrogens (tertiary/aromatic N) is 4. The summed E-state index contributed by atoms with van der Waals surface area (Å²) in [6.07, 6.45) is 0. The van der Waals surface area contributed by atoms with E-state index in [-0.39, 0.29) is 5.82 Å². The highest BCUT2D eigenvalue weighted by molar-refractivity contribution is 5.85. The molecule has 0 amide bonds. The second kappa shape index (κ2) is 3.64. The minimum Gasteiger partial charge on any atom is -0.398 e. The first-order valence-corrected chi connectivity index (χ1v) is 5.67. The summed E-state index contributed by atoms with van der Waals surface area (Å²) in [4.78, 5) is 23.2. The molecule has 19 heavy (non-hydrogen) atoms. The predicted molar refractivity (Wildman–Crippen MR) is 72.8 cm³/mol. The van der Waals surface area contributed by atoms with Crippen molar-refractivity contribution in [3.8, 4) is 11.5 Å². The number of hydrogen-bond donors (Lipinski definition) is 2. The zero-order chi connectivity index (χ0) is 13.7. The molecule has 0 spiro atoms. The summed E-state index contributed by atoms with van der Waals surface area (Å²) >= 11 is 0. The van der Waals surface area contributed by atoms with Crippen molar-refractivity contribution in [3.63, 3.8) is 0 Å². The monoisotopic (exact) mass is 256 g/mol. The van der Waals surface area contributed by atoms with Gasteiger partial charge < -0.3 is 16.0 Å². The zero-order valence-corrected chi connectivity index (χ0v) is 10.5. The Morgan fingerprint density at radius 2 is 1.89 bits per heavy atom. The molecule has 0 radical (unpaired) electrons. The van der Waals surface area contributed by atoms with Crippen LogP contribution in [0, 0.1) is 6.92 Å². The Morgan fingerprint density at radius 3 is 2.63 bits per heavy atom. The van der Waals surface area contributed by atoms with Gasteiger partial charge in [0.2, 0.25) is 0 Å². The molecule has 0 fully saturated rings. The predicted octanol–water partition coefficient (Wildman–Crippen LogP) is 0.301. The minimum absolute atomic E-state index is 0.0852. The van der Waals surface area contributed by atoms with Crippen molar-refractivity contribution in [1.82, 2.24) is 19.5 Å². The van der Waals surface area contributed by atoms with Gasteiger partial charge in [0.1, 0.15) is 5.69 Å². The summed E-state index contributed by atoms with van der Waals surface area (Å²) in [5, 5.41) is 0. The van der Waals surface area contributed by atoms with Crippen LogP contribution < -0.4 is 17.2 Å². The molecule has 1 aromatic rings. The maximum atomic E-state index is 11.3. The highest BCUT2D eigenvalue weighted by Gasteiger charge is 2.17. The molecule has 7 heteroatoms. The number of benzene rings is 1. The van der Waals surface area contributed by atoms with Crippen molar-refractivity contribution in [2.75, 3.05) is 11.5 Å². The lowest BCUT2D eigenvalue weighted by molar-refractivity contribution is 0.885. The number of nitrogen functional groups attached to an aromatic ring is 2. The Morgan fingerprint density at radius 1 is 1.16 bits per heavy atom. The summed E-state index contributed by atoms with van der Waals surface area (Å²) < 4.78 is 1.74. The van der Waals surface area contributed by atoms with Gasteiger partial charge in [0.05, 0.1) is 11.0 Å². The molecule has 3 rings (SSSR count). The first kappa shape index (κ1) is 11.4. The molecule has 2 aliphatic heterocycles. The highest BCUT2D eigenvalue weighted by Crippen LogP contribution is 2.27. The van der Waals surface area contributed by atoms with Crippen LogP contribution in [0.5, 0.6) is 0 Å². The molecule has 7 nitrogen and oxygen atoms in total. The van der Waals surface area contributed by atoms with Gasteiger partial charge in [-0.15, -0.1) is 0 Å². The molecule has 0 unspecified atom stereocenters. The van der Waals surface area contributed by atoms with Crippen molar-refractivity contribution in [3.05, 3.63) is 28.2 Å². The summed E-state index contributed by atoms with van der Waals surface area (Å²) in [7, 11) is 1.78. The summed E-state index contributed by atoms with van der Waals surface area (Å²) in [5.74, 6) is 0.482. The van der Waals surface area contributed by atoms with Crippen LogP contribution in [0.1, 0.15) is 5.56 Å². The molecule has 2 heterocycles. The Kier molecular flexibility index (Phi) is 2.19. The maximum Gasteiger partial charge on any atom is 0.371 e. The van der Waals surface area contributed by atoms with E-state index in [9.17, 15) is 4.79 Å². The third-order valence-electron chi connectivity index (χ3n) is 3.15. The molecular weight excluding hydrogens is 244 g/mol. The first-order chi connectivity index (χ1) is 8.97. The van der Waals surface area contributed by atoms with Gasteiger partial charge in [-0.3, -0.25) is 0 Å². The number of fused-ring (bicyclic) bond motifs is 2. The number of anilines is 2. The van der Waals surface area contributed by atoms with Gasteiger partial charge in [-0.2, -0.15) is 9.97 Å². The van der Waals surface area contributed by atoms with Gasteiger partial charge in [0.25, 0.3) is 0 Å². The van der Waals surface area contributed by atoms with Crippen LogP contribution in [0.3, 0.4) is 0 Å². The van der Waals surface area contributed by atoms with Crippen molar-refractivity contribution in [2.45, 2.75) is 6.92 Å². The minimum atomic E-state index is -0.623. The van der Waals surface area contributed by atoms with E-state index in [0.29, 0.717) is 17.2 Å². The van der Waals surface area contributed by atoms with E-state index in [1.165, 1.54) is 0 Å². The van der Waals surface area contributed by atoms with Crippen LogP contribution in [0.4, 0.5) is 11.5 Å². The Bertz CT molecular complexity index is 838. The van der Waals surface area contributed by atoms with Gasteiger partial charge in [0.15, 0.2) is 11.6 Å². The number of hydrogen-bond acceptors (Lipinski definition) is 6. The normalized spacial score (nSPS) is 11.3. The van der Waals surface area contributed by atoms with Gasteiger partial charge in [-0.25, -0.2) is 9.78 Å². The number of rotatable bonds is 0. The van der Waals surface area contributed by atoms with Crippen LogP contribution in [0.15, 0.2) is 16.9 Å². The average Bonchev–Trinajstić information content (AvgIpc) is 2.34. The molecule has 0 saturated heterocycles. The van der Waals surface area contributed by atoms with E-state index < -0.39 is 5.69 Å². The van der Waals surface area contributed by atoms with Crippen LogP contribution in [0.25, 0.3) is 22.6 Å². The first-order valence-electron chi connectivity index (χ1n) is 5.67. The highest BCUT2D eigenvalue weighted by atomic mass is 16.1. The van der Waals surface area contributed by atoms with E-state index in [0.717, 1.165) is 16.6 Å². The van der Waals surface area contributed by atoms with E-state index in [4.69, 9.17) is 11.5 Å². The molecule has 0 atom stereocenters. The SMILES string of the molecule is Cc1cc2nc3c(N)nc(=O)nc-3n(C)c2cc1N. The van der Waals surface area contributed by atoms with Crippen molar-refractivity contribution in [2.24, 2.45) is 7.05 Å². The number of aryl methyl sites for hydroxylation is 2. The molecular formula is C12H12N6O. The fourth-order valence-electron chi connectivity index (χ4n) is 2.07. The number of aromatic nitrogens is 4. The smallest absolute Gasteiger partial charge is 0.371 e. The second-order valence-electron chi connectivity index (χ2n) is 4.43. The van der Waals surface area contributed by atoms with E-state index >= 15 is 0 Å². The fourth-order valence-corrected chi connectivity index (χ4v) is 2.07. The molecule has 0 bridgehead atoms. The Labute approximate surface area is 108 Å². The average molecular weight is 256 g/mol. The van der Waals surface area contributed by atoms with Crippen molar-refractivity contribution < 1.29 is 0 Å². The lowest BCUT2D eigenvalue weighted by atomic mass is 10.1. The van der Waals surface area contributed by atoms with Crippen LogP contribution in [0.2, 0.25) is 0 Å². The van der Waals surface area contributed by atoms with Crippen molar-refractivity contribution >= 4 is 22.5 Å². The summed E-state index contributed by atoms with van der Waals surface area (Å²) in [6.45, 7) is 1.90. The Hall–Kier alpha value is -2.70. The van der Waals surface area contributed by atoms with E-state index in [1.54, 1.807) is 17.7 Å². The van der Waals surface area contributed by atoms with E-state index in [1.807, 2.05) is 13.0 Å². The molecule has 4 N–H and O–H groups in total. The fraction of sp³-hybridized carbons (Fsp3) is 0.167. The molecule has 1 aromatic carbocycles. The number of nitrogens with two attached hydrogens (primary N) is 2. The third kappa shape index (κ3) is 1.59. The lowest BCUT2D eigenvalue weighted by Gasteiger charge is -2.15. The quantitative estimate of drug-likeness (QED) is 0.442. The molecule has 96 valence electrons. The zero-order valence-electron chi connectivity index (χ0n) is 10.5. The molecule has 0 aliphatic carbocycles. The topological polar surface area (TPSA) is 113 Å². The van der Waals surface area contributed by atoms with Gasteiger partial charge in [0, 0.05) is 12.7 Å². The lowest BCUT2D eigenvalue weighted by Crippen LogP contribution is -2.19. The van der Waals surface area contributed by atoms with Crippen LogP contribution >= 0.6 is 0 Å². The summed E-state index contributed by atoms with van der Waals surface area (Å²) in [6, 6.07) is 3.68. The molecule has 2 aliphatic rings. The van der Waals surface area contributed by atoms with Crippen molar-refractivity contribution in [1.29, 1.82) is 0 Å². The summed E-state index contributed by atoms with van der Waals surface area (Å²) in [5.41, 5.74) is 14.5. The maximum absolute atomic E-state index is 11.3. The molecule has 0 saturated carbocycles.